The Bertz CT molecular complexity index is 621. The zero-order chi connectivity index (χ0) is 13.9. The second kappa shape index (κ2) is 5.74. The van der Waals surface area contributed by atoms with Gasteiger partial charge in [-0.2, -0.15) is 9.94 Å². The minimum Gasteiger partial charge on any atom is -0.330 e. The molecule has 0 aliphatic heterocycles. The Balaban J connectivity index is 2.13. The van der Waals surface area contributed by atoms with Crippen molar-refractivity contribution in [3.8, 4) is 0 Å². The van der Waals surface area contributed by atoms with Gasteiger partial charge in [0.1, 0.15) is 4.21 Å². The van der Waals surface area contributed by atoms with E-state index < -0.39 is 16.1 Å². The van der Waals surface area contributed by atoms with Gasteiger partial charge in [0.15, 0.2) is 5.82 Å². The van der Waals surface area contributed by atoms with Crippen molar-refractivity contribution >= 4 is 21.4 Å². The van der Waals surface area contributed by atoms with E-state index in [0.29, 0.717) is 18.8 Å². The van der Waals surface area contributed by atoms with Gasteiger partial charge in [0, 0.05) is 4.88 Å². The summed E-state index contributed by atoms with van der Waals surface area (Å²) in [5.41, 5.74) is 5.44. The quantitative estimate of drug-likeness (QED) is 0.678. The first-order valence-electron chi connectivity index (χ1n) is 5.57. The van der Waals surface area contributed by atoms with Crippen LogP contribution in [-0.2, 0) is 16.4 Å². The lowest BCUT2D eigenvalue weighted by Gasteiger charge is -2.08. The largest absolute Gasteiger partial charge is 0.330 e. The highest BCUT2D eigenvalue weighted by Gasteiger charge is 2.22. The molecule has 8 nitrogen and oxygen atoms in total. The normalized spacial score (nSPS) is 13.6. The van der Waals surface area contributed by atoms with Crippen molar-refractivity contribution in [2.24, 2.45) is 5.73 Å². The van der Waals surface area contributed by atoms with Crippen LogP contribution in [0.3, 0.4) is 0 Å². The van der Waals surface area contributed by atoms with Gasteiger partial charge in [-0.1, -0.05) is 5.21 Å². The molecule has 0 amide bonds. The smallest absolute Gasteiger partial charge is 0.250 e. The molecule has 1 unspecified atom stereocenters. The predicted molar refractivity (Wildman–Crippen MR) is 70.0 cm³/mol. The van der Waals surface area contributed by atoms with Gasteiger partial charge in [0.25, 0.3) is 10.0 Å². The first-order chi connectivity index (χ1) is 9.03. The molecule has 19 heavy (non-hydrogen) atoms. The Morgan fingerprint density at radius 1 is 1.53 bits per heavy atom. The van der Waals surface area contributed by atoms with E-state index in [2.05, 4.69) is 25.3 Å². The highest BCUT2D eigenvalue weighted by atomic mass is 32.2. The summed E-state index contributed by atoms with van der Waals surface area (Å²) in [5.74, 6) is 0.294. The van der Waals surface area contributed by atoms with Crippen LogP contribution in [0.4, 0.5) is 0 Å². The number of aromatic amines is 1. The summed E-state index contributed by atoms with van der Waals surface area (Å²) < 4.78 is 27.0. The number of sulfonamides is 1. The minimum absolute atomic E-state index is 0.256. The molecule has 2 rings (SSSR count). The molecule has 2 aromatic heterocycles. The summed E-state index contributed by atoms with van der Waals surface area (Å²) in [6, 6.07) is 2.79. The zero-order valence-electron chi connectivity index (χ0n) is 10.2. The third-order valence-electron chi connectivity index (χ3n) is 2.37. The number of thiophene rings is 1. The van der Waals surface area contributed by atoms with Crippen molar-refractivity contribution in [1.29, 1.82) is 0 Å². The molecule has 0 fully saturated rings. The molecule has 2 heterocycles. The number of nitrogens with one attached hydrogen (secondary N) is 2. The lowest BCUT2D eigenvalue weighted by Crippen LogP contribution is -2.27. The van der Waals surface area contributed by atoms with Gasteiger partial charge < -0.3 is 5.73 Å². The number of rotatable bonds is 6. The molecule has 104 valence electrons. The van der Waals surface area contributed by atoms with E-state index >= 15 is 0 Å². The Morgan fingerprint density at radius 3 is 2.95 bits per heavy atom. The molecule has 0 aromatic carbocycles. The number of H-pyrrole nitrogens is 1. The van der Waals surface area contributed by atoms with E-state index in [1.165, 1.54) is 11.3 Å². The fourth-order valence-corrected chi connectivity index (χ4v) is 4.06. The summed E-state index contributed by atoms with van der Waals surface area (Å²) in [7, 11) is -3.58. The number of hydrogen-bond donors (Lipinski definition) is 3. The molecule has 10 heteroatoms. The van der Waals surface area contributed by atoms with Gasteiger partial charge in [0.05, 0.1) is 6.04 Å². The van der Waals surface area contributed by atoms with E-state index in [0.717, 1.165) is 4.88 Å². The number of nitrogens with zero attached hydrogens (tertiary/aromatic N) is 3. The molecule has 4 N–H and O–H groups in total. The van der Waals surface area contributed by atoms with Crippen molar-refractivity contribution in [2.45, 2.75) is 23.6 Å². The molecule has 0 aliphatic rings. The number of aromatic nitrogens is 4. The molecule has 0 aliphatic carbocycles. The highest BCUT2D eigenvalue weighted by molar-refractivity contribution is 7.91. The molecule has 1 atom stereocenters. The first-order valence-corrected chi connectivity index (χ1v) is 7.87. The molecule has 0 bridgehead atoms. The van der Waals surface area contributed by atoms with E-state index in [1.54, 1.807) is 19.1 Å². The average Bonchev–Trinajstić information content (AvgIpc) is 2.99. The maximum Gasteiger partial charge on any atom is 0.250 e. The average molecular weight is 302 g/mol. The standard InChI is InChI=1S/C9H14N6O2S2/c1-6(9-11-14-15-12-9)13-19(16,17)8-3-2-7(18-8)4-5-10/h2-3,6,13H,4-5,10H2,1H3,(H,11,12,14,15). The maximum absolute atomic E-state index is 12.1. The Hall–Kier alpha value is -1.36. The van der Waals surface area contributed by atoms with Gasteiger partial charge >= 0.3 is 0 Å². The van der Waals surface area contributed by atoms with Gasteiger partial charge in [-0.05, 0) is 32.0 Å². The lowest BCUT2D eigenvalue weighted by atomic mass is 10.3. The van der Waals surface area contributed by atoms with E-state index in [4.69, 9.17) is 5.73 Å². The van der Waals surface area contributed by atoms with Gasteiger partial charge in [-0.25, -0.2) is 8.42 Å². The molecule has 2 aromatic rings. The number of tetrazole rings is 1. The fourth-order valence-electron chi connectivity index (χ4n) is 1.48. The number of nitrogens with two attached hydrogens (primary N) is 1. The van der Waals surface area contributed by atoms with Crippen molar-refractivity contribution in [3.05, 3.63) is 22.8 Å². The van der Waals surface area contributed by atoms with E-state index in [9.17, 15) is 8.42 Å². The van der Waals surface area contributed by atoms with Gasteiger partial charge in [-0.15, -0.1) is 21.5 Å². The summed E-state index contributed by atoms with van der Waals surface area (Å²) in [4.78, 5) is 0.940. The van der Waals surface area contributed by atoms with Crippen molar-refractivity contribution < 1.29 is 8.42 Å². The maximum atomic E-state index is 12.1. The van der Waals surface area contributed by atoms with Gasteiger partial charge in [-0.3, -0.25) is 0 Å². The monoisotopic (exact) mass is 302 g/mol. The van der Waals surface area contributed by atoms with Crippen molar-refractivity contribution in [1.82, 2.24) is 25.3 Å². The van der Waals surface area contributed by atoms with Crippen LogP contribution in [0.25, 0.3) is 0 Å². The van der Waals surface area contributed by atoms with E-state index in [1.807, 2.05) is 0 Å². The van der Waals surface area contributed by atoms with Gasteiger partial charge in [0.2, 0.25) is 0 Å². The number of hydrogen-bond acceptors (Lipinski definition) is 7. The SMILES string of the molecule is CC(NS(=O)(=O)c1ccc(CCN)s1)c1nn[nH]n1. The van der Waals surface area contributed by atoms with Crippen LogP contribution in [0.5, 0.6) is 0 Å². The van der Waals surface area contributed by atoms with Crippen LogP contribution >= 0.6 is 11.3 Å². The van der Waals surface area contributed by atoms with E-state index in [-0.39, 0.29) is 4.21 Å². The lowest BCUT2D eigenvalue weighted by molar-refractivity contribution is 0.562. The Kier molecular flexibility index (Phi) is 4.24. The first kappa shape index (κ1) is 14.1. The van der Waals surface area contributed by atoms with Crippen LogP contribution in [0.15, 0.2) is 16.3 Å². The predicted octanol–water partition coefficient (Wildman–Crippen LogP) is -0.198. The van der Waals surface area contributed by atoms with Crippen molar-refractivity contribution in [3.63, 3.8) is 0 Å². The summed E-state index contributed by atoms with van der Waals surface area (Å²) in [6.45, 7) is 2.14. The summed E-state index contributed by atoms with van der Waals surface area (Å²) in [6.07, 6.45) is 0.667. The molecular formula is C9H14N6O2S2. The second-order valence-corrected chi connectivity index (χ2v) is 6.98. The summed E-state index contributed by atoms with van der Waals surface area (Å²) in [5, 5.41) is 13.2. The zero-order valence-corrected chi connectivity index (χ0v) is 11.8. The van der Waals surface area contributed by atoms with Crippen LogP contribution in [-0.4, -0.2) is 35.6 Å². The van der Waals surface area contributed by atoms with Crippen LogP contribution in [0.1, 0.15) is 23.7 Å². The van der Waals surface area contributed by atoms with Crippen LogP contribution in [0.2, 0.25) is 0 Å². The third-order valence-corrected chi connectivity index (χ3v) is 5.55. The fraction of sp³-hybridized carbons (Fsp3) is 0.444. The molecule has 0 saturated heterocycles. The Labute approximate surface area is 114 Å². The molecule has 0 radical (unpaired) electrons. The second-order valence-electron chi connectivity index (χ2n) is 3.87. The van der Waals surface area contributed by atoms with Crippen molar-refractivity contribution in [2.75, 3.05) is 6.54 Å². The third kappa shape index (κ3) is 3.35. The minimum atomic E-state index is -3.58. The summed E-state index contributed by atoms with van der Waals surface area (Å²) >= 11 is 1.21. The molecule has 0 spiro atoms. The topological polar surface area (TPSA) is 127 Å². The van der Waals surface area contributed by atoms with Crippen LogP contribution < -0.4 is 10.5 Å². The highest BCUT2D eigenvalue weighted by Crippen LogP contribution is 2.23. The Morgan fingerprint density at radius 2 is 2.32 bits per heavy atom. The molecular weight excluding hydrogens is 288 g/mol. The molecule has 0 saturated carbocycles. The van der Waals surface area contributed by atoms with Crippen LogP contribution in [0, 0.1) is 0 Å².